The van der Waals surface area contributed by atoms with E-state index < -0.39 is 16.6 Å². The lowest BCUT2D eigenvalue weighted by Gasteiger charge is -2.34. The molecule has 0 amide bonds. The van der Waals surface area contributed by atoms with Crippen molar-refractivity contribution in [1.82, 2.24) is 0 Å². The van der Waals surface area contributed by atoms with E-state index in [1.165, 1.54) is 13.8 Å². The van der Waals surface area contributed by atoms with Crippen molar-refractivity contribution in [3.8, 4) is 0 Å². The van der Waals surface area contributed by atoms with Gasteiger partial charge in [0.2, 0.25) is 0 Å². The van der Waals surface area contributed by atoms with Crippen molar-refractivity contribution < 1.29 is 18.4 Å². The van der Waals surface area contributed by atoms with Crippen LogP contribution >= 0.6 is 0 Å². The van der Waals surface area contributed by atoms with Crippen LogP contribution in [0.25, 0.3) is 0 Å². The zero-order valence-corrected chi connectivity index (χ0v) is 24.5. The van der Waals surface area contributed by atoms with Gasteiger partial charge in [-0.15, -0.1) is 0 Å². The van der Waals surface area contributed by atoms with Crippen molar-refractivity contribution in [1.29, 1.82) is 0 Å². The number of hydrogen-bond donors (Lipinski definition) is 0. The van der Waals surface area contributed by atoms with Crippen LogP contribution in [0.4, 0.5) is 0 Å². The summed E-state index contributed by atoms with van der Waals surface area (Å²) in [6.45, 7) is 2.93. The third-order valence-corrected chi connectivity index (χ3v) is 15.1. The molecule has 0 saturated carbocycles. The Morgan fingerprint density at radius 3 is 0.775 bits per heavy atom. The standard InChI is InChI=1S/C34H30O4Si2/c1-27(35)37-39(29-15-7-3-8-16-29,30-17-9-4-10-18-30)33-23-25-34(26-24-33)40(38-28(2)36,31-19-11-5-12-20-31)32-21-13-6-14-22-32/h3-26H,1-2H3. The summed E-state index contributed by atoms with van der Waals surface area (Å²) in [7, 11) is -6.40. The van der Waals surface area contributed by atoms with Gasteiger partial charge in [0, 0.05) is 13.8 Å². The molecule has 198 valence electrons. The number of rotatable bonds is 8. The SMILES string of the molecule is CC(=O)O[Si](c1ccccc1)(c1ccccc1)c1ccc([Si](OC(C)=O)(c2ccccc2)c2ccccc2)cc1. The van der Waals surface area contributed by atoms with Gasteiger partial charge in [0.25, 0.3) is 11.9 Å². The smallest absolute Gasteiger partial charge is 0.350 e. The summed E-state index contributed by atoms with van der Waals surface area (Å²) < 4.78 is 12.8. The molecule has 4 nitrogen and oxygen atoms in total. The van der Waals surface area contributed by atoms with Gasteiger partial charge in [0.15, 0.2) is 0 Å². The minimum atomic E-state index is -3.20. The van der Waals surface area contributed by atoms with Crippen molar-refractivity contribution in [2.75, 3.05) is 0 Å². The monoisotopic (exact) mass is 558 g/mol. The zero-order chi connectivity index (χ0) is 28.0. The quantitative estimate of drug-likeness (QED) is 0.217. The van der Waals surface area contributed by atoms with Crippen LogP contribution in [0.2, 0.25) is 0 Å². The lowest BCUT2D eigenvalue weighted by Crippen LogP contribution is -2.71. The van der Waals surface area contributed by atoms with Gasteiger partial charge in [-0.05, 0) is 31.1 Å². The lowest BCUT2D eigenvalue weighted by atomic mass is 10.3. The van der Waals surface area contributed by atoms with Crippen LogP contribution in [0.1, 0.15) is 13.8 Å². The van der Waals surface area contributed by atoms with Crippen molar-refractivity contribution in [3.05, 3.63) is 146 Å². The van der Waals surface area contributed by atoms with Crippen LogP contribution in [0.15, 0.2) is 146 Å². The molecular weight excluding hydrogens is 529 g/mol. The van der Waals surface area contributed by atoms with Gasteiger partial charge in [-0.1, -0.05) is 146 Å². The summed E-state index contributed by atoms with van der Waals surface area (Å²) in [6.07, 6.45) is 0. The van der Waals surface area contributed by atoms with E-state index in [0.717, 1.165) is 31.1 Å². The van der Waals surface area contributed by atoms with Gasteiger partial charge in [0.1, 0.15) is 0 Å². The first-order valence-corrected chi connectivity index (χ1v) is 17.0. The minimum absolute atomic E-state index is 0.333. The Balaban J connectivity index is 1.76. The number of carbonyl (C=O) groups is 2. The van der Waals surface area contributed by atoms with E-state index in [9.17, 15) is 9.59 Å². The molecule has 5 aromatic rings. The van der Waals surface area contributed by atoms with E-state index >= 15 is 0 Å². The van der Waals surface area contributed by atoms with Gasteiger partial charge in [0.05, 0.1) is 0 Å². The zero-order valence-electron chi connectivity index (χ0n) is 22.5. The molecule has 0 radical (unpaired) electrons. The second-order valence-corrected chi connectivity index (χ2v) is 16.2. The average Bonchev–Trinajstić information content (AvgIpc) is 3.00. The highest BCUT2D eigenvalue weighted by atomic mass is 28.4. The molecule has 40 heavy (non-hydrogen) atoms. The number of hydrogen-bond acceptors (Lipinski definition) is 4. The van der Waals surface area contributed by atoms with Crippen LogP contribution in [0.5, 0.6) is 0 Å². The fraction of sp³-hybridized carbons (Fsp3) is 0.0588. The Hall–Kier alpha value is -4.53. The van der Waals surface area contributed by atoms with Crippen LogP contribution in [-0.2, 0) is 18.4 Å². The molecule has 0 heterocycles. The second-order valence-electron chi connectivity index (χ2n) is 9.59. The Kier molecular flexibility index (Phi) is 7.91. The molecule has 5 aromatic carbocycles. The van der Waals surface area contributed by atoms with E-state index in [4.69, 9.17) is 8.85 Å². The molecule has 5 rings (SSSR count). The third kappa shape index (κ3) is 5.07. The Bertz CT molecular complexity index is 1370. The number of carbonyl (C=O) groups excluding carboxylic acids is 2. The summed E-state index contributed by atoms with van der Waals surface area (Å²) in [4.78, 5) is 25.3. The molecule has 0 unspecified atom stereocenters. The molecule has 0 aliphatic carbocycles. The molecule has 0 N–H and O–H groups in total. The summed E-state index contributed by atoms with van der Waals surface area (Å²) in [5.41, 5.74) is 0. The Morgan fingerprint density at radius 2 is 0.575 bits per heavy atom. The first-order valence-electron chi connectivity index (χ1n) is 13.2. The second kappa shape index (κ2) is 11.7. The topological polar surface area (TPSA) is 52.6 Å². The molecule has 0 atom stereocenters. The maximum absolute atomic E-state index is 12.7. The predicted octanol–water partition coefficient (Wildman–Crippen LogP) is 2.75. The van der Waals surface area contributed by atoms with Crippen LogP contribution in [-0.4, -0.2) is 28.6 Å². The molecular formula is C34H30O4Si2. The molecule has 0 bridgehead atoms. The molecule has 0 fully saturated rings. The highest BCUT2D eigenvalue weighted by molar-refractivity contribution is 7.09. The Labute approximate surface area is 237 Å². The van der Waals surface area contributed by atoms with Crippen molar-refractivity contribution >= 4 is 59.7 Å². The lowest BCUT2D eigenvalue weighted by molar-refractivity contribution is -0.133. The molecule has 0 spiro atoms. The van der Waals surface area contributed by atoms with E-state index in [1.54, 1.807) is 0 Å². The van der Waals surface area contributed by atoms with E-state index in [0.29, 0.717) is 0 Å². The predicted molar refractivity (Wildman–Crippen MR) is 165 cm³/mol. The molecule has 0 aliphatic rings. The van der Waals surface area contributed by atoms with Gasteiger partial charge < -0.3 is 8.85 Å². The maximum Gasteiger partial charge on any atom is 0.350 e. The van der Waals surface area contributed by atoms with E-state index in [1.807, 2.05) is 146 Å². The highest BCUT2D eigenvalue weighted by Crippen LogP contribution is 2.13. The Morgan fingerprint density at radius 1 is 0.375 bits per heavy atom. The summed E-state index contributed by atoms with van der Waals surface area (Å²) in [6, 6.07) is 48.0. The van der Waals surface area contributed by atoms with E-state index in [-0.39, 0.29) is 11.9 Å². The summed E-state index contributed by atoms with van der Waals surface area (Å²) in [5, 5.41) is 5.74. The maximum atomic E-state index is 12.7. The van der Waals surface area contributed by atoms with Crippen LogP contribution in [0, 0.1) is 0 Å². The normalized spacial score (nSPS) is 11.4. The van der Waals surface area contributed by atoms with Crippen molar-refractivity contribution in [3.63, 3.8) is 0 Å². The first-order chi connectivity index (χ1) is 19.5. The third-order valence-electron chi connectivity index (χ3n) is 7.01. The molecule has 0 aromatic heterocycles. The van der Waals surface area contributed by atoms with Gasteiger partial charge in [-0.3, -0.25) is 9.59 Å². The van der Waals surface area contributed by atoms with Crippen LogP contribution in [0.3, 0.4) is 0 Å². The van der Waals surface area contributed by atoms with Gasteiger partial charge in [-0.25, -0.2) is 0 Å². The summed E-state index contributed by atoms with van der Waals surface area (Å²) >= 11 is 0. The molecule has 0 saturated heterocycles. The minimum Gasteiger partial charge on any atom is -0.506 e. The fourth-order valence-electron chi connectivity index (χ4n) is 5.42. The van der Waals surface area contributed by atoms with Gasteiger partial charge in [-0.2, -0.15) is 0 Å². The largest absolute Gasteiger partial charge is 0.506 e. The number of benzene rings is 5. The molecule has 0 aliphatic heterocycles. The van der Waals surface area contributed by atoms with Crippen molar-refractivity contribution in [2.45, 2.75) is 13.8 Å². The summed E-state index contributed by atoms with van der Waals surface area (Å²) in [5.74, 6) is -0.665. The first kappa shape index (κ1) is 27.1. The van der Waals surface area contributed by atoms with Gasteiger partial charge >= 0.3 is 16.6 Å². The molecule has 6 heteroatoms. The van der Waals surface area contributed by atoms with E-state index in [2.05, 4.69) is 0 Å². The average molecular weight is 559 g/mol. The van der Waals surface area contributed by atoms with Crippen molar-refractivity contribution in [2.24, 2.45) is 0 Å². The fourth-order valence-corrected chi connectivity index (χ4v) is 12.9. The highest BCUT2D eigenvalue weighted by Gasteiger charge is 2.47. The van der Waals surface area contributed by atoms with Crippen LogP contribution < -0.4 is 31.1 Å².